The van der Waals surface area contributed by atoms with Gasteiger partial charge in [-0.15, -0.1) is 0 Å². The van der Waals surface area contributed by atoms with Crippen molar-refractivity contribution in [3.05, 3.63) is 88.2 Å². The molecule has 0 N–H and O–H groups in total. The van der Waals surface area contributed by atoms with E-state index in [0.717, 1.165) is 11.1 Å². The van der Waals surface area contributed by atoms with E-state index in [-0.39, 0.29) is 21.7 Å². The highest BCUT2D eigenvalue weighted by atomic mass is 35.5. The molecule has 1 aromatic heterocycles. The third-order valence-electron chi connectivity index (χ3n) is 3.65. The third-order valence-corrected chi connectivity index (χ3v) is 4.17. The Bertz CT molecular complexity index is 941. The minimum absolute atomic E-state index is 0.110. The van der Waals surface area contributed by atoms with Crippen LogP contribution < -0.4 is 0 Å². The molecule has 1 heterocycles. The largest absolute Gasteiger partial charge is 0.453 e. The lowest BCUT2D eigenvalue weighted by atomic mass is 10.0. The summed E-state index contributed by atoms with van der Waals surface area (Å²) in [6.45, 7) is -0.409. The molecule has 0 saturated heterocycles. The van der Waals surface area contributed by atoms with Crippen LogP contribution in [0, 0.1) is 0 Å². The van der Waals surface area contributed by atoms with Gasteiger partial charge in [-0.25, -0.2) is 9.78 Å². The number of hydrogen-bond donors (Lipinski definition) is 0. The molecule has 4 nitrogen and oxygen atoms in total. The first-order valence-corrected chi connectivity index (χ1v) is 8.48. The maximum Gasteiger partial charge on any atom is 0.359 e. The smallest absolute Gasteiger partial charge is 0.359 e. The van der Waals surface area contributed by atoms with Gasteiger partial charge in [-0.3, -0.25) is 4.79 Å². The fourth-order valence-electron chi connectivity index (χ4n) is 2.32. The van der Waals surface area contributed by atoms with E-state index in [1.54, 1.807) is 12.1 Å². The average Bonchev–Trinajstić information content (AvgIpc) is 2.68. The summed E-state index contributed by atoms with van der Waals surface area (Å²) in [5.41, 5.74) is 2.38. The van der Waals surface area contributed by atoms with E-state index in [9.17, 15) is 9.59 Å². The van der Waals surface area contributed by atoms with Gasteiger partial charge in [0, 0.05) is 5.56 Å². The van der Waals surface area contributed by atoms with Crippen molar-refractivity contribution >= 4 is 35.0 Å². The fraction of sp³-hybridized carbons (Fsp3) is 0.0500. The van der Waals surface area contributed by atoms with Gasteiger partial charge in [0.1, 0.15) is 5.15 Å². The standard InChI is InChI=1S/C20H13Cl2NO3/c21-16-10-11-18(22)23-19(16)20(25)26-12-17(24)15-8-6-14(7-9-15)13-4-2-1-3-5-13/h1-11H,12H2. The van der Waals surface area contributed by atoms with Gasteiger partial charge >= 0.3 is 5.97 Å². The number of ether oxygens (including phenoxy) is 1. The molecule has 0 fully saturated rings. The van der Waals surface area contributed by atoms with Gasteiger partial charge in [0.15, 0.2) is 18.1 Å². The molecule has 0 aliphatic carbocycles. The Morgan fingerprint density at radius 2 is 1.50 bits per heavy atom. The van der Waals surface area contributed by atoms with Gasteiger partial charge in [0.25, 0.3) is 0 Å². The number of rotatable bonds is 5. The van der Waals surface area contributed by atoms with Gasteiger partial charge in [-0.1, -0.05) is 77.8 Å². The van der Waals surface area contributed by atoms with Crippen LogP contribution in [0.15, 0.2) is 66.7 Å². The fourth-order valence-corrected chi connectivity index (χ4v) is 2.65. The van der Waals surface area contributed by atoms with E-state index >= 15 is 0 Å². The number of ketones is 1. The van der Waals surface area contributed by atoms with E-state index in [2.05, 4.69) is 4.98 Å². The van der Waals surface area contributed by atoms with Crippen molar-refractivity contribution in [3.8, 4) is 11.1 Å². The quantitative estimate of drug-likeness (QED) is 0.348. The Morgan fingerprint density at radius 3 is 2.19 bits per heavy atom. The number of benzene rings is 2. The number of pyridine rings is 1. The first kappa shape index (κ1) is 18.1. The molecule has 130 valence electrons. The third kappa shape index (κ3) is 4.28. The SMILES string of the molecule is O=C(COC(=O)c1nc(Cl)ccc1Cl)c1ccc(-c2ccccc2)cc1. The van der Waals surface area contributed by atoms with E-state index in [1.807, 2.05) is 42.5 Å². The van der Waals surface area contributed by atoms with Gasteiger partial charge in [0.05, 0.1) is 5.02 Å². The molecular weight excluding hydrogens is 373 g/mol. The number of Topliss-reactive ketones (excluding diaryl/α,β-unsaturated/α-hetero) is 1. The maximum absolute atomic E-state index is 12.2. The van der Waals surface area contributed by atoms with Crippen molar-refractivity contribution < 1.29 is 14.3 Å². The number of aromatic nitrogens is 1. The van der Waals surface area contributed by atoms with Crippen molar-refractivity contribution in [2.24, 2.45) is 0 Å². The van der Waals surface area contributed by atoms with Crippen LogP contribution in [-0.2, 0) is 4.74 Å². The summed E-state index contributed by atoms with van der Waals surface area (Å²) < 4.78 is 5.00. The lowest BCUT2D eigenvalue weighted by molar-refractivity contribution is 0.0469. The van der Waals surface area contributed by atoms with Crippen LogP contribution in [0.1, 0.15) is 20.8 Å². The van der Waals surface area contributed by atoms with E-state index in [4.69, 9.17) is 27.9 Å². The monoisotopic (exact) mass is 385 g/mol. The molecule has 0 radical (unpaired) electrons. The average molecular weight is 386 g/mol. The molecule has 0 unspecified atom stereocenters. The Balaban J connectivity index is 1.65. The normalized spacial score (nSPS) is 10.4. The van der Waals surface area contributed by atoms with Crippen molar-refractivity contribution in [2.45, 2.75) is 0 Å². The summed E-state index contributed by atoms with van der Waals surface area (Å²) in [6.07, 6.45) is 0. The molecule has 6 heteroatoms. The van der Waals surface area contributed by atoms with E-state index < -0.39 is 12.6 Å². The number of nitrogens with zero attached hydrogens (tertiary/aromatic N) is 1. The lowest BCUT2D eigenvalue weighted by Crippen LogP contribution is -2.15. The van der Waals surface area contributed by atoms with Crippen LogP contribution in [0.25, 0.3) is 11.1 Å². The maximum atomic E-state index is 12.2. The molecule has 0 amide bonds. The number of halogens is 2. The van der Waals surface area contributed by atoms with Crippen LogP contribution in [0.2, 0.25) is 10.2 Å². The van der Waals surface area contributed by atoms with Crippen LogP contribution in [-0.4, -0.2) is 23.3 Å². The van der Waals surface area contributed by atoms with Crippen LogP contribution in [0.3, 0.4) is 0 Å². The van der Waals surface area contributed by atoms with E-state index in [1.165, 1.54) is 12.1 Å². The van der Waals surface area contributed by atoms with Gasteiger partial charge in [-0.2, -0.15) is 0 Å². The van der Waals surface area contributed by atoms with Crippen molar-refractivity contribution in [3.63, 3.8) is 0 Å². The molecule has 0 bridgehead atoms. The second-order valence-corrected chi connectivity index (χ2v) is 6.20. The van der Waals surface area contributed by atoms with Crippen LogP contribution >= 0.6 is 23.2 Å². The van der Waals surface area contributed by atoms with Crippen LogP contribution in [0.5, 0.6) is 0 Å². The summed E-state index contributed by atoms with van der Waals surface area (Å²) in [5, 5.41) is 0.225. The molecule has 0 atom stereocenters. The van der Waals surface area contributed by atoms with E-state index in [0.29, 0.717) is 5.56 Å². The second-order valence-electron chi connectivity index (χ2n) is 5.41. The molecule has 0 aliphatic heterocycles. The summed E-state index contributed by atoms with van der Waals surface area (Å²) in [7, 11) is 0. The molecule has 26 heavy (non-hydrogen) atoms. The highest BCUT2D eigenvalue weighted by molar-refractivity contribution is 6.34. The summed E-state index contributed by atoms with van der Waals surface area (Å²) in [6, 6.07) is 19.8. The molecular formula is C20H13Cl2NO3. The number of carbonyl (C=O) groups excluding carboxylic acids is 2. The molecule has 2 aromatic carbocycles. The topological polar surface area (TPSA) is 56.3 Å². The minimum atomic E-state index is -0.799. The zero-order valence-electron chi connectivity index (χ0n) is 13.5. The summed E-state index contributed by atoms with van der Waals surface area (Å²) >= 11 is 11.6. The first-order valence-electron chi connectivity index (χ1n) is 7.72. The van der Waals surface area contributed by atoms with Crippen molar-refractivity contribution in [1.82, 2.24) is 4.98 Å². The highest BCUT2D eigenvalue weighted by Gasteiger charge is 2.17. The Labute approximate surface area is 160 Å². The number of esters is 1. The Hall–Kier alpha value is -2.69. The van der Waals surface area contributed by atoms with Crippen LogP contribution in [0.4, 0.5) is 0 Å². The van der Waals surface area contributed by atoms with Gasteiger partial charge in [-0.05, 0) is 23.3 Å². The summed E-state index contributed by atoms with van der Waals surface area (Å²) in [5.74, 6) is -1.12. The predicted molar refractivity (Wildman–Crippen MR) is 101 cm³/mol. The van der Waals surface area contributed by atoms with Crippen molar-refractivity contribution in [1.29, 1.82) is 0 Å². The first-order chi connectivity index (χ1) is 12.5. The van der Waals surface area contributed by atoms with Crippen molar-refractivity contribution in [2.75, 3.05) is 6.61 Å². The lowest BCUT2D eigenvalue weighted by Gasteiger charge is -2.06. The molecule has 0 saturated carbocycles. The Morgan fingerprint density at radius 1 is 0.846 bits per heavy atom. The molecule has 0 spiro atoms. The minimum Gasteiger partial charge on any atom is -0.453 e. The number of carbonyl (C=O) groups is 2. The molecule has 3 rings (SSSR count). The van der Waals surface area contributed by atoms with Gasteiger partial charge in [0.2, 0.25) is 0 Å². The number of hydrogen-bond acceptors (Lipinski definition) is 4. The zero-order chi connectivity index (χ0) is 18.5. The Kier molecular flexibility index (Phi) is 5.66. The molecule has 0 aliphatic rings. The zero-order valence-corrected chi connectivity index (χ0v) is 15.0. The molecule has 3 aromatic rings. The van der Waals surface area contributed by atoms with Gasteiger partial charge < -0.3 is 4.74 Å². The highest BCUT2D eigenvalue weighted by Crippen LogP contribution is 2.20. The second kappa shape index (κ2) is 8.13. The summed E-state index contributed by atoms with van der Waals surface area (Å²) in [4.78, 5) is 28.1. The predicted octanol–water partition coefficient (Wildman–Crippen LogP) is 5.10.